The van der Waals surface area contributed by atoms with Crippen molar-refractivity contribution < 1.29 is 10.0 Å². The number of rotatable bonds is 3. The molecule has 3 aromatic carbocycles. The average molecular weight is 550 g/mol. The van der Waals surface area contributed by atoms with Gasteiger partial charge in [0.1, 0.15) is 0 Å². The molecule has 2 aliphatic rings. The Balaban J connectivity index is 1.63. The molecule has 1 aromatic heterocycles. The smallest absolute Gasteiger partial charge is 0.271 e. The van der Waals surface area contributed by atoms with Crippen molar-refractivity contribution >= 4 is 52.0 Å². The number of halogens is 2. The van der Waals surface area contributed by atoms with Crippen LogP contribution in [0.25, 0.3) is 11.8 Å². The molecule has 0 amide bonds. The number of allylic oxidation sites excluding steroid dienone is 1. The Morgan fingerprint density at radius 2 is 1.84 bits per heavy atom. The maximum Gasteiger partial charge on any atom is 0.271 e. The standard InChI is InChI=1S/C27H17Cl2N3O4S/c28-20-10-14(11-21(29)25(20)33)12-22-26(34)31-24(16-5-3-6-17(13-16)32(35)36)19-9-8-15-4-1-2-7-18(15)23(19)30-27(31)37-22/h1-7,10-13,24,33H,8-9H2/b22-12-/t24-/m1/s1. The number of nitrogens with zero attached hydrogens (tertiary/aromatic N) is 3. The van der Waals surface area contributed by atoms with Crippen LogP contribution < -0.4 is 14.9 Å². The number of aromatic hydroxyl groups is 1. The zero-order valence-electron chi connectivity index (χ0n) is 19.0. The molecule has 1 N–H and O–H groups in total. The maximum absolute atomic E-state index is 13.8. The number of non-ortho nitro benzene ring substituents is 1. The van der Waals surface area contributed by atoms with Crippen LogP contribution in [0.3, 0.4) is 0 Å². The van der Waals surface area contributed by atoms with E-state index < -0.39 is 11.0 Å². The Bertz CT molecular complexity index is 1820. The number of benzene rings is 3. The highest BCUT2D eigenvalue weighted by atomic mass is 35.5. The molecule has 4 aromatic rings. The minimum absolute atomic E-state index is 0.0386. The van der Waals surface area contributed by atoms with Gasteiger partial charge in [-0.1, -0.05) is 70.9 Å². The molecule has 2 heterocycles. The second-order valence-corrected chi connectivity index (χ2v) is 10.6. The topological polar surface area (TPSA) is 97.7 Å². The lowest BCUT2D eigenvalue weighted by Gasteiger charge is -2.30. The first-order valence-electron chi connectivity index (χ1n) is 11.4. The van der Waals surface area contributed by atoms with Crippen molar-refractivity contribution in [3.05, 3.63) is 128 Å². The van der Waals surface area contributed by atoms with E-state index in [1.165, 1.54) is 41.2 Å². The predicted molar refractivity (Wildman–Crippen MR) is 144 cm³/mol. The first kappa shape index (κ1) is 23.7. The Morgan fingerprint density at radius 3 is 2.59 bits per heavy atom. The number of aryl methyl sites for hydroxylation is 1. The summed E-state index contributed by atoms with van der Waals surface area (Å²) in [5.41, 5.74) is 4.84. The van der Waals surface area contributed by atoms with Crippen LogP contribution in [0, 0.1) is 10.1 Å². The number of phenols is 1. The molecule has 0 bridgehead atoms. The number of aromatic nitrogens is 1. The summed E-state index contributed by atoms with van der Waals surface area (Å²) in [5, 5.41) is 21.6. The van der Waals surface area contributed by atoms with Crippen LogP contribution in [0.2, 0.25) is 10.0 Å². The maximum atomic E-state index is 13.8. The van der Waals surface area contributed by atoms with Crippen LogP contribution in [0.1, 0.15) is 34.7 Å². The normalized spacial score (nSPS) is 16.6. The summed E-state index contributed by atoms with van der Waals surface area (Å²) < 4.78 is 2.02. The monoisotopic (exact) mass is 549 g/mol. The minimum Gasteiger partial charge on any atom is -0.505 e. The molecule has 7 nitrogen and oxygen atoms in total. The van der Waals surface area contributed by atoms with Crippen molar-refractivity contribution in [3.8, 4) is 5.75 Å². The van der Waals surface area contributed by atoms with Crippen LogP contribution in [0.15, 0.2) is 76.0 Å². The third kappa shape index (κ3) is 3.98. The van der Waals surface area contributed by atoms with Crippen LogP contribution in [-0.2, 0) is 6.42 Å². The molecular formula is C27H17Cl2N3O4S. The summed E-state index contributed by atoms with van der Waals surface area (Å²) in [7, 11) is 0. The number of hydrogen-bond donors (Lipinski definition) is 1. The highest BCUT2D eigenvalue weighted by Crippen LogP contribution is 2.41. The Kier molecular flexibility index (Phi) is 5.75. The summed E-state index contributed by atoms with van der Waals surface area (Å²) in [6.07, 6.45) is 3.11. The zero-order valence-corrected chi connectivity index (χ0v) is 21.3. The van der Waals surface area contributed by atoms with E-state index in [4.69, 9.17) is 28.2 Å². The van der Waals surface area contributed by atoms with Gasteiger partial charge in [0.05, 0.1) is 31.2 Å². The zero-order chi connectivity index (χ0) is 25.8. The summed E-state index contributed by atoms with van der Waals surface area (Å²) in [6, 6.07) is 17.0. The number of phenolic OH excluding ortho intramolecular Hbond substituents is 1. The van der Waals surface area contributed by atoms with Gasteiger partial charge in [-0.05, 0) is 53.3 Å². The van der Waals surface area contributed by atoms with E-state index in [1.54, 1.807) is 16.7 Å². The fraction of sp³-hybridized carbons (Fsp3) is 0.111. The molecule has 0 spiro atoms. The van der Waals surface area contributed by atoms with Crippen molar-refractivity contribution in [2.45, 2.75) is 18.9 Å². The van der Waals surface area contributed by atoms with Crippen molar-refractivity contribution in [1.82, 2.24) is 4.57 Å². The van der Waals surface area contributed by atoms with Gasteiger partial charge < -0.3 is 5.11 Å². The van der Waals surface area contributed by atoms with Gasteiger partial charge in [-0.15, -0.1) is 0 Å². The number of thiazole rings is 1. The van der Waals surface area contributed by atoms with E-state index in [9.17, 15) is 20.0 Å². The van der Waals surface area contributed by atoms with E-state index in [-0.39, 0.29) is 27.0 Å². The van der Waals surface area contributed by atoms with Gasteiger partial charge >= 0.3 is 0 Å². The molecule has 37 heavy (non-hydrogen) atoms. The largest absolute Gasteiger partial charge is 0.505 e. The molecule has 0 saturated heterocycles. The van der Waals surface area contributed by atoms with Crippen LogP contribution in [0.4, 0.5) is 5.69 Å². The van der Waals surface area contributed by atoms with Crippen LogP contribution in [0.5, 0.6) is 5.75 Å². The fourth-order valence-electron chi connectivity index (χ4n) is 4.95. The lowest BCUT2D eigenvalue weighted by Crippen LogP contribution is -2.38. The molecule has 0 unspecified atom stereocenters. The van der Waals surface area contributed by atoms with E-state index >= 15 is 0 Å². The van der Waals surface area contributed by atoms with E-state index in [1.807, 2.05) is 24.3 Å². The Morgan fingerprint density at radius 1 is 1.08 bits per heavy atom. The van der Waals surface area contributed by atoms with Crippen molar-refractivity contribution in [2.24, 2.45) is 4.99 Å². The van der Waals surface area contributed by atoms with Crippen molar-refractivity contribution in [2.75, 3.05) is 0 Å². The number of hydrogen-bond acceptors (Lipinski definition) is 6. The highest BCUT2D eigenvalue weighted by Gasteiger charge is 2.33. The van der Waals surface area contributed by atoms with Gasteiger partial charge in [0.15, 0.2) is 10.6 Å². The highest BCUT2D eigenvalue weighted by molar-refractivity contribution is 7.07. The number of nitro groups is 1. The van der Waals surface area contributed by atoms with Crippen LogP contribution in [-0.4, -0.2) is 14.6 Å². The summed E-state index contributed by atoms with van der Waals surface area (Å²) in [5.74, 6) is -0.223. The van der Waals surface area contributed by atoms with Gasteiger partial charge in [0.2, 0.25) is 0 Å². The molecule has 184 valence electrons. The SMILES string of the molecule is O=c1/c(=C/c2cc(Cl)c(O)c(Cl)c2)sc2n1[C@H](c1cccc([N+](=O)[O-])c1)C1=C(N=2)c2ccccc2CC1. The molecule has 0 saturated carbocycles. The second-order valence-electron chi connectivity index (χ2n) is 8.80. The van der Waals surface area contributed by atoms with Gasteiger partial charge in [-0.25, -0.2) is 4.99 Å². The summed E-state index contributed by atoms with van der Waals surface area (Å²) in [4.78, 5) is 30.3. The first-order valence-corrected chi connectivity index (χ1v) is 12.9. The molecule has 1 atom stereocenters. The quantitative estimate of drug-likeness (QED) is 0.279. The van der Waals surface area contributed by atoms with Crippen molar-refractivity contribution in [3.63, 3.8) is 0 Å². The van der Waals surface area contributed by atoms with Crippen LogP contribution >= 0.6 is 34.5 Å². The van der Waals surface area contributed by atoms with Gasteiger partial charge in [0.25, 0.3) is 11.2 Å². The molecule has 0 radical (unpaired) electrons. The van der Waals surface area contributed by atoms with Gasteiger partial charge in [-0.2, -0.15) is 0 Å². The lowest BCUT2D eigenvalue weighted by atomic mass is 9.83. The number of fused-ring (bicyclic) bond motifs is 3. The molecule has 10 heteroatoms. The molecule has 0 fully saturated rings. The molecular weight excluding hydrogens is 533 g/mol. The lowest BCUT2D eigenvalue weighted by molar-refractivity contribution is -0.384. The van der Waals surface area contributed by atoms with E-state index in [2.05, 4.69) is 6.07 Å². The van der Waals surface area contributed by atoms with Gasteiger partial charge in [-0.3, -0.25) is 19.5 Å². The number of nitro benzene ring substituents is 1. The Labute approximate surface area is 224 Å². The average Bonchev–Trinajstić information content (AvgIpc) is 3.20. The molecule has 1 aliphatic carbocycles. The first-order chi connectivity index (χ1) is 17.8. The third-order valence-electron chi connectivity index (χ3n) is 6.61. The second kappa shape index (κ2) is 8.99. The minimum atomic E-state index is -0.534. The molecule has 1 aliphatic heterocycles. The summed E-state index contributed by atoms with van der Waals surface area (Å²) >= 11 is 13.4. The third-order valence-corrected chi connectivity index (χ3v) is 8.17. The molecule has 6 rings (SSSR count). The fourth-order valence-corrected chi connectivity index (χ4v) is 6.46. The Hall–Kier alpha value is -3.72. The van der Waals surface area contributed by atoms with Crippen molar-refractivity contribution in [1.29, 1.82) is 0 Å². The van der Waals surface area contributed by atoms with E-state index in [0.717, 1.165) is 23.3 Å². The van der Waals surface area contributed by atoms with E-state index in [0.29, 0.717) is 26.9 Å². The predicted octanol–water partition coefficient (Wildman–Crippen LogP) is 5.24. The summed E-state index contributed by atoms with van der Waals surface area (Å²) in [6.45, 7) is 0. The van der Waals surface area contributed by atoms with Gasteiger partial charge in [0, 0.05) is 17.7 Å².